The van der Waals surface area contributed by atoms with Crippen molar-refractivity contribution in [3.8, 4) is 17.0 Å². The molecular formula is C11H10N4O3. The Balaban J connectivity index is 2.50. The first-order valence-corrected chi connectivity index (χ1v) is 5.03. The van der Waals surface area contributed by atoms with Crippen LogP contribution in [0.5, 0.6) is 5.75 Å². The van der Waals surface area contributed by atoms with Crippen LogP contribution in [-0.2, 0) is 0 Å². The fourth-order valence-corrected chi connectivity index (χ4v) is 1.49. The Morgan fingerprint density at radius 1 is 1.33 bits per heavy atom. The molecule has 7 nitrogen and oxygen atoms in total. The molecular weight excluding hydrogens is 236 g/mol. The van der Waals surface area contributed by atoms with Gasteiger partial charge in [-0.1, -0.05) is 0 Å². The second kappa shape index (κ2) is 4.66. The van der Waals surface area contributed by atoms with E-state index in [4.69, 9.17) is 10.5 Å². The summed E-state index contributed by atoms with van der Waals surface area (Å²) in [6, 6.07) is 6.86. The Morgan fingerprint density at radius 2 is 2.00 bits per heavy atom. The Bertz CT molecular complexity index is 583. The minimum Gasteiger partial charge on any atom is -0.497 e. The van der Waals surface area contributed by atoms with E-state index in [-0.39, 0.29) is 17.1 Å². The second-order valence-corrected chi connectivity index (χ2v) is 3.48. The molecule has 1 aromatic heterocycles. The average Bonchev–Trinajstić information content (AvgIpc) is 2.39. The molecule has 0 atom stereocenters. The normalized spacial score (nSPS) is 10.1. The number of benzene rings is 1. The number of nitrogen functional groups attached to an aromatic ring is 1. The van der Waals surface area contributed by atoms with Crippen molar-refractivity contribution >= 4 is 11.4 Å². The fourth-order valence-electron chi connectivity index (χ4n) is 1.49. The lowest BCUT2D eigenvalue weighted by Gasteiger charge is -2.05. The monoisotopic (exact) mass is 246 g/mol. The number of rotatable bonds is 3. The van der Waals surface area contributed by atoms with Gasteiger partial charge in [-0.25, -0.2) is 0 Å². The zero-order valence-corrected chi connectivity index (χ0v) is 9.53. The summed E-state index contributed by atoms with van der Waals surface area (Å²) in [6.07, 6.45) is 1.03. The van der Waals surface area contributed by atoms with Crippen LogP contribution in [0.25, 0.3) is 11.3 Å². The molecule has 1 heterocycles. The minimum atomic E-state index is -0.586. The van der Waals surface area contributed by atoms with Crippen molar-refractivity contribution in [1.82, 2.24) is 10.2 Å². The molecule has 0 aliphatic carbocycles. The van der Waals surface area contributed by atoms with E-state index in [2.05, 4.69) is 10.2 Å². The summed E-state index contributed by atoms with van der Waals surface area (Å²) >= 11 is 0. The first-order valence-electron chi connectivity index (χ1n) is 5.03. The number of nitrogens with two attached hydrogens (primary N) is 1. The number of nitrogens with zero attached hydrogens (tertiary/aromatic N) is 3. The third-order valence-electron chi connectivity index (χ3n) is 2.43. The van der Waals surface area contributed by atoms with Crippen LogP contribution < -0.4 is 10.5 Å². The van der Waals surface area contributed by atoms with Gasteiger partial charge in [0.1, 0.15) is 23.3 Å². The lowest BCUT2D eigenvalue weighted by Crippen LogP contribution is -2.01. The molecule has 2 aromatic rings. The summed E-state index contributed by atoms with van der Waals surface area (Å²) in [5, 5.41) is 18.2. The summed E-state index contributed by atoms with van der Waals surface area (Å²) in [7, 11) is 1.55. The molecule has 7 heteroatoms. The van der Waals surface area contributed by atoms with Crippen molar-refractivity contribution in [3.63, 3.8) is 0 Å². The van der Waals surface area contributed by atoms with Crippen molar-refractivity contribution in [2.24, 2.45) is 0 Å². The summed E-state index contributed by atoms with van der Waals surface area (Å²) in [5.41, 5.74) is 6.38. The van der Waals surface area contributed by atoms with Crippen LogP contribution >= 0.6 is 0 Å². The predicted octanol–water partition coefficient (Wildman–Crippen LogP) is 1.64. The maximum absolute atomic E-state index is 10.7. The van der Waals surface area contributed by atoms with Crippen LogP contribution in [0.15, 0.2) is 30.5 Å². The van der Waals surface area contributed by atoms with Gasteiger partial charge in [-0.2, -0.15) is 5.10 Å². The Morgan fingerprint density at radius 3 is 2.56 bits per heavy atom. The molecule has 0 fully saturated rings. The minimum absolute atomic E-state index is 0.000154. The molecule has 0 saturated carbocycles. The lowest BCUT2D eigenvalue weighted by molar-refractivity contribution is -0.384. The number of methoxy groups -OCH3 is 1. The third kappa shape index (κ3) is 2.05. The molecule has 0 unspecified atom stereocenters. The van der Waals surface area contributed by atoms with E-state index in [1.807, 2.05) is 0 Å². The van der Waals surface area contributed by atoms with Gasteiger partial charge in [0.15, 0.2) is 0 Å². The molecule has 0 radical (unpaired) electrons. The smallest absolute Gasteiger partial charge is 0.314 e. The SMILES string of the molecule is COc1ccc(-c2nncc([N+](=O)[O-])c2N)cc1. The van der Waals surface area contributed by atoms with Crippen LogP contribution in [0.1, 0.15) is 0 Å². The molecule has 1 aromatic carbocycles. The number of anilines is 1. The predicted molar refractivity (Wildman–Crippen MR) is 65.1 cm³/mol. The van der Waals surface area contributed by atoms with E-state index in [0.29, 0.717) is 11.3 Å². The van der Waals surface area contributed by atoms with Crippen molar-refractivity contribution in [2.45, 2.75) is 0 Å². The Kier molecular flexibility index (Phi) is 3.05. The summed E-state index contributed by atoms with van der Waals surface area (Å²) < 4.78 is 5.02. The fraction of sp³-hybridized carbons (Fsp3) is 0.0909. The maximum Gasteiger partial charge on any atom is 0.314 e. The largest absolute Gasteiger partial charge is 0.497 e. The molecule has 0 aliphatic rings. The molecule has 0 saturated heterocycles. The van der Waals surface area contributed by atoms with Crippen LogP contribution in [-0.4, -0.2) is 22.2 Å². The van der Waals surface area contributed by atoms with Crippen LogP contribution in [0.4, 0.5) is 11.4 Å². The van der Waals surface area contributed by atoms with Gasteiger partial charge in [-0.3, -0.25) is 10.1 Å². The number of aromatic nitrogens is 2. The quantitative estimate of drug-likeness (QED) is 0.652. The Labute approximate surface area is 102 Å². The van der Waals surface area contributed by atoms with Crippen molar-refractivity contribution in [3.05, 3.63) is 40.6 Å². The molecule has 0 aliphatic heterocycles. The molecule has 2 N–H and O–H groups in total. The summed E-state index contributed by atoms with van der Waals surface area (Å²) in [4.78, 5) is 10.2. The highest BCUT2D eigenvalue weighted by atomic mass is 16.6. The number of hydrogen-bond donors (Lipinski definition) is 1. The van der Waals surface area contributed by atoms with Gasteiger partial charge >= 0.3 is 5.69 Å². The van der Waals surface area contributed by atoms with Crippen molar-refractivity contribution < 1.29 is 9.66 Å². The highest BCUT2D eigenvalue weighted by Gasteiger charge is 2.17. The molecule has 18 heavy (non-hydrogen) atoms. The highest BCUT2D eigenvalue weighted by molar-refractivity contribution is 5.78. The van der Waals surface area contributed by atoms with Gasteiger partial charge in [0.05, 0.1) is 12.0 Å². The van der Waals surface area contributed by atoms with Gasteiger partial charge in [0, 0.05) is 5.56 Å². The van der Waals surface area contributed by atoms with Crippen molar-refractivity contribution in [1.29, 1.82) is 0 Å². The van der Waals surface area contributed by atoms with E-state index < -0.39 is 4.92 Å². The Hall–Kier alpha value is -2.70. The standard InChI is InChI=1S/C11H10N4O3/c1-18-8-4-2-7(3-5-8)11-10(12)9(15(16)17)6-13-14-11/h2-6H,1H3,(H2,12,13). The molecule has 0 amide bonds. The number of nitro groups is 1. The summed E-state index contributed by atoms with van der Waals surface area (Å²) in [5.74, 6) is 0.677. The molecule has 0 spiro atoms. The van der Waals surface area contributed by atoms with Crippen molar-refractivity contribution in [2.75, 3.05) is 12.8 Å². The van der Waals surface area contributed by atoms with Crippen LogP contribution in [0.3, 0.4) is 0 Å². The van der Waals surface area contributed by atoms with Crippen LogP contribution in [0.2, 0.25) is 0 Å². The molecule has 2 rings (SSSR count). The molecule has 92 valence electrons. The van der Waals surface area contributed by atoms with Crippen LogP contribution in [0, 0.1) is 10.1 Å². The van der Waals surface area contributed by atoms with E-state index in [0.717, 1.165) is 6.20 Å². The lowest BCUT2D eigenvalue weighted by atomic mass is 10.1. The zero-order chi connectivity index (χ0) is 13.1. The maximum atomic E-state index is 10.7. The second-order valence-electron chi connectivity index (χ2n) is 3.48. The summed E-state index contributed by atoms with van der Waals surface area (Å²) in [6.45, 7) is 0. The van der Waals surface area contributed by atoms with E-state index in [1.165, 1.54) is 0 Å². The zero-order valence-electron chi connectivity index (χ0n) is 9.53. The van der Waals surface area contributed by atoms with Gasteiger partial charge in [0.2, 0.25) is 0 Å². The highest BCUT2D eigenvalue weighted by Crippen LogP contribution is 2.30. The van der Waals surface area contributed by atoms with Gasteiger partial charge < -0.3 is 10.5 Å². The first-order chi connectivity index (χ1) is 8.63. The van der Waals surface area contributed by atoms with Gasteiger partial charge in [-0.15, -0.1) is 5.10 Å². The third-order valence-corrected chi connectivity index (χ3v) is 2.43. The van der Waals surface area contributed by atoms with Gasteiger partial charge in [0.25, 0.3) is 0 Å². The molecule has 0 bridgehead atoms. The average molecular weight is 246 g/mol. The first kappa shape index (κ1) is 11.8. The van der Waals surface area contributed by atoms with E-state index in [9.17, 15) is 10.1 Å². The number of ether oxygens (including phenoxy) is 1. The topological polar surface area (TPSA) is 104 Å². The van der Waals surface area contributed by atoms with E-state index in [1.54, 1.807) is 31.4 Å². The van der Waals surface area contributed by atoms with E-state index >= 15 is 0 Å². The number of hydrogen-bond acceptors (Lipinski definition) is 6. The van der Waals surface area contributed by atoms with Gasteiger partial charge in [-0.05, 0) is 24.3 Å².